The molecule has 0 spiro atoms. The monoisotopic (exact) mass is 470 g/mol. The number of amides is 1. The molecule has 1 amide bonds. The maximum Gasteiger partial charge on any atom is 0.488 e. The van der Waals surface area contributed by atoms with Crippen LogP contribution in [0.15, 0.2) is 48.7 Å². The van der Waals surface area contributed by atoms with Crippen LogP contribution in [0.5, 0.6) is 0 Å². The van der Waals surface area contributed by atoms with Crippen LogP contribution < -0.4 is 21.4 Å². The lowest BCUT2D eigenvalue weighted by Crippen LogP contribution is -2.30. The van der Waals surface area contributed by atoms with E-state index >= 15 is 0 Å². The summed E-state index contributed by atoms with van der Waals surface area (Å²) in [6.45, 7) is 1.37. The molecule has 35 heavy (non-hydrogen) atoms. The minimum absolute atomic E-state index is 0.440. The highest BCUT2D eigenvalue weighted by atomic mass is 16.4. The summed E-state index contributed by atoms with van der Waals surface area (Å²) in [5, 5.41) is 24.1. The second kappa shape index (κ2) is 9.05. The van der Waals surface area contributed by atoms with E-state index < -0.39 is 13.0 Å². The van der Waals surface area contributed by atoms with Crippen LogP contribution >= 0.6 is 0 Å². The smallest absolute Gasteiger partial charge is 0.423 e. The van der Waals surface area contributed by atoms with Gasteiger partial charge in [-0.25, -0.2) is 9.97 Å². The largest absolute Gasteiger partial charge is 0.488 e. The van der Waals surface area contributed by atoms with Crippen LogP contribution in [0.2, 0.25) is 0 Å². The van der Waals surface area contributed by atoms with Gasteiger partial charge < -0.3 is 30.6 Å². The van der Waals surface area contributed by atoms with Gasteiger partial charge in [-0.15, -0.1) is 0 Å². The molecule has 0 bridgehead atoms. The van der Waals surface area contributed by atoms with E-state index in [1.807, 2.05) is 43.1 Å². The molecular weight excluding hydrogens is 443 g/mol. The summed E-state index contributed by atoms with van der Waals surface area (Å²) in [4.78, 5) is 24.0. The predicted molar refractivity (Wildman–Crippen MR) is 138 cm³/mol. The van der Waals surface area contributed by atoms with Crippen molar-refractivity contribution < 1.29 is 14.8 Å². The molecule has 0 fully saturated rings. The zero-order valence-corrected chi connectivity index (χ0v) is 19.7. The first kappa shape index (κ1) is 22.9. The Labute approximate surface area is 203 Å². The van der Waals surface area contributed by atoms with Gasteiger partial charge in [0.2, 0.25) is 5.91 Å². The van der Waals surface area contributed by atoms with E-state index in [0.29, 0.717) is 23.4 Å². The zero-order chi connectivity index (χ0) is 24.7. The summed E-state index contributed by atoms with van der Waals surface area (Å²) in [5.74, 6) is 1.70. The van der Waals surface area contributed by atoms with Crippen molar-refractivity contribution in [2.45, 2.75) is 19.4 Å². The summed E-state index contributed by atoms with van der Waals surface area (Å²) < 4.78 is 1.93. The van der Waals surface area contributed by atoms with Crippen LogP contribution in [0.1, 0.15) is 27.9 Å². The topological polar surface area (TPSA) is 130 Å². The second-order valence-corrected chi connectivity index (χ2v) is 8.92. The van der Waals surface area contributed by atoms with Crippen molar-refractivity contribution in [1.82, 2.24) is 14.5 Å². The number of hydrogen-bond donors (Lipinski definition) is 4. The van der Waals surface area contributed by atoms with Crippen molar-refractivity contribution in [2.24, 2.45) is 12.8 Å². The number of carbonyl (C=O) groups is 1. The fourth-order valence-corrected chi connectivity index (χ4v) is 4.77. The molecule has 0 atom stereocenters. The average Bonchev–Trinajstić information content (AvgIpc) is 3.18. The summed E-state index contributed by atoms with van der Waals surface area (Å²) in [5.41, 5.74) is 9.27. The summed E-state index contributed by atoms with van der Waals surface area (Å²) in [7, 11) is 2.42. The Morgan fingerprint density at radius 3 is 2.71 bits per heavy atom. The summed E-state index contributed by atoms with van der Waals surface area (Å²) in [6.07, 6.45) is 3.75. The molecule has 4 aromatic rings. The highest BCUT2D eigenvalue weighted by Gasteiger charge is 2.24. The molecule has 0 saturated heterocycles. The van der Waals surface area contributed by atoms with Gasteiger partial charge >= 0.3 is 7.12 Å². The Balaban J connectivity index is 1.60. The number of hydrogen-bond acceptors (Lipinski definition) is 7. The van der Waals surface area contributed by atoms with Gasteiger partial charge in [0.05, 0.1) is 5.69 Å². The van der Waals surface area contributed by atoms with Crippen molar-refractivity contribution in [1.29, 1.82) is 0 Å². The lowest BCUT2D eigenvalue weighted by Gasteiger charge is -2.28. The number of aromatic nitrogens is 3. The highest BCUT2D eigenvalue weighted by molar-refractivity contribution is 6.58. The quantitative estimate of drug-likeness (QED) is 0.314. The maximum atomic E-state index is 12.0. The van der Waals surface area contributed by atoms with E-state index in [1.54, 1.807) is 24.3 Å². The molecule has 5 N–H and O–H groups in total. The number of carbonyl (C=O) groups excluding carboxylic acids is 1. The lowest BCUT2D eigenvalue weighted by atomic mass is 9.79. The van der Waals surface area contributed by atoms with E-state index in [0.717, 1.165) is 58.6 Å². The van der Waals surface area contributed by atoms with E-state index in [-0.39, 0.29) is 0 Å². The van der Waals surface area contributed by atoms with Gasteiger partial charge in [0.1, 0.15) is 11.6 Å². The summed E-state index contributed by atoms with van der Waals surface area (Å²) >= 11 is 0. The molecule has 2 aromatic heterocycles. The van der Waals surface area contributed by atoms with Gasteiger partial charge in [0.25, 0.3) is 0 Å². The van der Waals surface area contributed by atoms with Crippen molar-refractivity contribution in [3.05, 3.63) is 65.4 Å². The molecule has 1 aliphatic heterocycles. The first-order chi connectivity index (χ1) is 16.8. The zero-order valence-electron chi connectivity index (χ0n) is 19.7. The number of aryl methyl sites for hydroxylation is 1. The van der Waals surface area contributed by atoms with Crippen molar-refractivity contribution >= 4 is 40.9 Å². The van der Waals surface area contributed by atoms with Gasteiger partial charge in [0.15, 0.2) is 5.82 Å². The minimum atomic E-state index is -1.52. The van der Waals surface area contributed by atoms with Crippen LogP contribution in [-0.2, 0) is 20.0 Å². The number of nitrogens with zero attached hydrogens (tertiary/aromatic N) is 4. The molecule has 0 saturated carbocycles. The molecule has 9 nitrogen and oxygen atoms in total. The molecule has 1 aliphatic rings. The van der Waals surface area contributed by atoms with Gasteiger partial charge in [-0.2, -0.15) is 0 Å². The van der Waals surface area contributed by atoms with Crippen molar-refractivity contribution in [3.63, 3.8) is 0 Å². The number of nitrogens with two attached hydrogens (primary N) is 1. The van der Waals surface area contributed by atoms with Gasteiger partial charge in [-0.1, -0.05) is 36.4 Å². The fourth-order valence-electron chi connectivity index (χ4n) is 4.77. The second-order valence-electron chi connectivity index (χ2n) is 8.92. The Morgan fingerprint density at radius 2 is 1.94 bits per heavy atom. The van der Waals surface area contributed by atoms with Crippen LogP contribution in [0, 0.1) is 0 Å². The molecule has 3 heterocycles. The number of anilines is 2. The van der Waals surface area contributed by atoms with Crippen molar-refractivity contribution in [3.8, 4) is 11.5 Å². The third kappa shape index (κ3) is 4.22. The average molecular weight is 470 g/mol. The molecule has 0 unspecified atom stereocenters. The summed E-state index contributed by atoms with van der Waals surface area (Å²) in [6, 6.07) is 12.6. The van der Waals surface area contributed by atoms with Crippen LogP contribution in [0.3, 0.4) is 0 Å². The molecular formula is C25H27BN6O3. The Kier molecular flexibility index (Phi) is 5.92. The van der Waals surface area contributed by atoms with E-state index in [4.69, 9.17) is 15.7 Å². The fraction of sp³-hybridized carbons (Fsp3) is 0.240. The molecule has 0 aliphatic carbocycles. The lowest BCUT2D eigenvalue weighted by molar-refractivity contribution is 0.100. The van der Waals surface area contributed by atoms with Crippen LogP contribution in [0.4, 0.5) is 11.6 Å². The molecule has 178 valence electrons. The molecule has 5 rings (SSSR count). The molecule has 2 aromatic carbocycles. The van der Waals surface area contributed by atoms with Crippen LogP contribution in [-0.4, -0.2) is 51.2 Å². The highest BCUT2D eigenvalue weighted by Crippen LogP contribution is 2.35. The number of rotatable bonds is 6. The predicted octanol–water partition coefficient (Wildman–Crippen LogP) is 1.41. The first-order valence-corrected chi connectivity index (χ1v) is 11.5. The number of nitrogens with one attached hydrogen (secondary N) is 1. The number of primary amides is 1. The Bertz CT molecular complexity index is 1430. The van der Waals surface area contributed by atoms with Crippen LogP contribution in [0.25, 0.3) is 22.3 Å². The van der Waals surface area contributed by atoms with Gasteiger partial charge in [0, 0.05) is 55.3 Å². The standard InChI is InChI=1S/C25H27BN6O3/c1-31-11-5-10-19-23(28-13-15-6-3-7-16(12-15)26(34)35)29-24(30-25(19)31)21-17-8-4-9-18(22(27)33)20(17)14-32(21)2/h3-4,6-9,12,14,34-35H,5,10-11,13H2,1-2H3,(H2,27,33)(H,28,29,30). The molecule has 0 radical (unpaired) electrons. The number of fused-ring (bicyclic) bond motifs is 2. The Hall–Kier alpha value is -3.89. The van der Waals surface area contributed by atoms with Gasteiger partial charge in [-0.05, 0) is 29.9 Å². The third-order valence-corrected chi connectivity index (χ3v) is 6.49. The van der Waals surface area contributed by atoms with E-state index in [2.05, 4.69) is 10.2 Å². The SMILES string of the molecule is CN1CCCc2c(NCc3cccc(B(O)O)c3)nc(-c3c4cccc(C(N)=O)c4cn3C)nc21. The first-order valence-electron chi connectivity index (χ1n) is 11.5. The van der Waals surface area contributed by atoms with E-state index in [9.17, 15) is 14.8 Å². The maximum absolute atomic E-state index is 12.0. The third-order valence-electron chi connectivity index (χ3n) is 6.49. The Morgan fingerprint density at radius 1 is 1.14 bits per heavy atom. The number of benzene rings is 2. The van der Waals surface area contributed by atoms with E-state index in [1.165, 1.54) is 0 Å². The normalized spacial score (nSPS) is 13.1. The molecule has 10 heteroatoms. The minimum Gasteiger partial charge on any atom is -0.423 e. The van der Waals surface area contributed by atoms with Gasteiger partial charge in [-0.3, -0.25) is 4.79 Å². The van der Waals surface area contributed by atoms with Crippen molar-refractivity contribution in [2.75, 3.05) is 23.8 Å².